The predicted molar refractivity (Wildman–Crippen MR) is 71.3 cm³/mol. The summed E-state index contributed by atoms with van der Waals surface area (Å²) in [6, 6.07) is 0. The largest absolute Gasteiger partial charge is 0.330 e. The Labute approximate surface area is 101 Å². The van der Waals surface area contributed by atoms with Gasteiger partial charge < -0.3 is 11.1 Å². The van der Waals surface area contributed by atoms with Gasteiger partial charge in [0.2, 0.25) is 0 Å². The van der Waals surface area contributed by atoms with Crippen LogP contribution in [0, 0.1) is 0 Å². The molecule has 4 nitrogen and oxygen atoms in total. The van der Waals surface area contributed by atoms with E-state index in [1.165, 1.54) is 32.1 Å². The Bertz CT molecular complexity index is 106. The van der Waals surface area contributed by atoms with Crippen LogP contribution in [0.25, 0.3) is 0 Å². The standard InChI is InChI=1S/C12H30N4/c1-2-3-4-11-15-16-12-6-5-9-14-10-7-8-13/h14-16H,2-13H2,1H3. The third kappa shape index (κ3) is 13.8. The van der Waals surface area contributed by atoms with Crippen molar-refractivity contribution in [2.75, 3.05) is 32.7 Å². The van der Waals surface area contributed by atoms with Crippen molar-refractivity contribution < 1.29 is 0 Å². The van der Waals surface area contributed by atoms with Gasteiger partial charge in [0.15, 0.2) is 0 Å². The second-order valence-corrected chi connectivity index (χ2v) is 4.16. The van der Waals surface area contributed by atoms with E-state index in [0.717, 1.165) is 39.1 Å². The van der Waals surface area contributed by atoms with Crippen molar-refractivity contribution in [3.05, 3.63) is 0 Å². The van der Waals surface area contributed by atoms with Crippen LogP contribution in [-0.2, 0) is 0 Å². The quantitative estimate of drug-likeness (QED) is 0.281. The monoisotopic (exact) mass is 230 g/mol. The lowest BCUT2D eigenvalue weighted by atomic mass is 10.2. The molecule has 0 radical (unpaired) electrons. The molecule has 0 aromatic heterocycles. The minimum Gasteiger partial charge on any atom is -0.330 e. The van der Waals surface area contributed by atoms with Gasteiger partial charge in [0.25, 0.3) is 0 Å². The number of nitrogens with two attached hydrogens (primary N) is 1. The van der Waals surface area contributed by atoms with E-state index in [4.69, 9.17) is 5.73 Å². The zero-order valence-electron chi connectivity index (χ0n) is 10.9. The molecule has 0 aliphatic rings. The predicted octanol–water partition coefficient (Wildman–Crippen LogP) is 0.989. The fourth-order valence-electron chi connectivity index (χ4n) is 1.46. The van der Waals surface area contributed by atoms with Crippen LogP contribution in [-0.4, -0.2) is 32.7 Å². The lowest BCUT2D eigenvalue weighted by Crippen LogP contribution is -2.33. The lowest BCUT2D eigenvalue weighted by Gasteiger charge is -2.07. The van der Waals surface area contributed by atoms with Crippen LogP contribution >= 0.6 is 0 Å². The Hall–Kier alpha value is -0.160. The summed E-state index contributed by atoms with van der Waals surface area (Å²) in [4.78, 5) is 0. The van der Waals surface area contributed by atoms with Gasteiger partial charge in [-0.05, 0) is 45.3 Å². The maximum absolute atomic E-state index is 5.40. The summed E-state index contributed by atoms with van der Waals surface area (Å²) >= 11 is 0. The van der Waals surface area contributed by atoms with E-state index in [1.54, 1.807) is 0 Å². The average molecular weight is 230 g/mol. The molecular formula is C12H30N4. The molecule has 0 heterocycles. The van der Waals surface area contributed by atoms with Crippen molar-refractivity contribution in [3.63, 3.8) is 0 Å². The second kappa shape index (κ2) is 14.8. The molecule has 4 heteroatoms. The Morgan fingerprint density at radius 2 is 1.31 bits per heavy atom. The first-order valence-electron chi connectivity index (χ1n) is 6.78. The van der Waals surface area contributed by atoms with Crippen molar-refractivity contribution in [1.29, 1.82) is 0 Å². The number of hydrazine groups is 1. The lowest BCUT2D eigenvalue weighted by molar-refractivity contribution is 0.489. The Kier molecular flexibility index (Phi) is 14.7. The Morgan fingerprint density at radius 3 is 1.94 bits per heavy atom. The fourth-order valence-corrected chi connectivity index (χ4v) is 1.46. The molecule has 0 rings (SSSR count). The number of hydrogen-bond donors (Lipinski definition) is 4. The summed E-state index contributed by atoms with van der Waals surface area (Å²) in [5.74, 6) is 0. The van der Waals surface area contributed by atoms with Gasteiger partial charge in [-0.3, -0.25) is 10.9 Å². The molecule has 0 spiro atoms. The third-order valence-corrected chi connectivity index (χ3v) is 2.49. The van der Waals surface area contributed by atoms with E-state index in [0.29, 0.717) is 0 Å². The van der Waals surface area contributed by atoms with Crippen molar-refractivity contribution in [2.24, 2.45) is 5.73 Å². The number of unbranched alkanes of at least 4 members (excludes halogenated alkanes) is 3. The van der Waals surface area contributed by atoms with E-state index in [9.17, 15) is 0 Å². The van der Waals surface area contributed by atoms with Gasteiger partial charge in [-0.15, -0.1) is 0 Å². The van der Waals surface area contributed by atoms with Crippen LogP contribution in [0.5, 0.6) is 0 Å². The molecule has 0 aromatic rings. The molecule has 0 saturated carbocycles. The van der Waals surface area contributed by atoms with Gasteiger partial charge >= 0.3 is 0 Å². The summed E-state index contributed by atoms with van der Waals surface area (Å²) in [5.41, 5.74) is 11.9. The molecule has 0 saturated heterocycles. The number of nitrogens with one attached hydrogen (secondary N) is 3. The van der Waals surface area contributed by atoms with Crippen molar-refractivity contribution >= 4 is 0 Å². The molecular weight excluding hydrogens is 200 g/mol. The van der Waals surface area contributed by atoms with Gasteiger partial charge in [-0.25, -0.2) is 0 Å². The first-order valence-corrected chi connectivity index (χ1v) is 6.78. The van der Waals surface area contributed by atoms with Gasteiger partial charge in [0.1, 0.15) is 0 Å². The van der Waals surface area contributed by atoms with Crippen molar-refractivity contribution in [2.45, 2.75) is 45.4 Å². The average Bonchev–Trinajstić information content (AvgIpc) is 2.31. The summed E-state index contributed by atoms with van der Waals surface area (Å²) in [7, 11) is 0. The normalized spacial score (nSPS) is 10.9. The highest BCUT2D eigenvalue weighted by atomic mass is 15.3. The van der Waals surface area contributed by atoms with E-state index < -0.39 is 0 Å². The SMILES string of the molecule is CCCCCNNCCCCNCCCN. The van der Waals surface area contributed by atoms with E-state index >= 15 is 0 Å². The van der Waals surface area contributed by atoms with Crippen LogP contribution in [0.15, 0.2) is 0 Å². The van der Waals surface area contributed by atoms with Gasteiger partial charge in [-0.1, -0.05) is 19.8 Å². The molecule has 98 valence electrons. The van der Waals surface area contributed by atoms with Gasteiger partial charge in [0.05, 0.1) is 0 Å². The molecule has 0 unspecified atom stereocenters. The maximum Gasteiger partial charge on any atom is 0.0100 e. The fraction of sp³-hybridized carbons (Fsp3) is 1.00. The minimum absolute atomic E-state index is 0.788. The van der Waals surface area contributed by atoms with Gasteiger partial charge in [-0.2, -0.15) is 0 Å². The summed E-state index contributed by atoms with van der Waals surface area (Å²) in [5, 5.41) is 3.38. The smallest absolute Gasteiger partial charge is 0.0100 e. The Balaban J connectivity index is 2.83. The van der Waals surface area contributed by atoms with Crippen molar-refractivity contribution in [1.82, 2.24) is 16.2 Å². The molecule has 0 atom stereocenters. The molecule has 0 aliphatic heterocycles. The Morgan fingerprint density at radius 1 is 0.750 bits per heavy atom. The molecule has 0 aliphatic carbocycles. The van der Waals surface area contributed by atoms with E-state index in [2.05, 4.69) is 23.1 Å². The van der Waals surface area contributed by atoms with Crippen LogP contribution in [0.1, 0.15) is 45.4 Å². The molecule has 5 N–H and O–H groups in total. The van der Waals surface area contributed by atoms with Crippen LogP contribution < -0.4 is 21.9 Å². The van der Waals surface area contributed by atoms with E-state index in [1.807, 2.05) is 0 Å². The highest BCUT2D eigenvalue weighted by Gasteiger charge is 1.89. The molecule has 0 fully saturated rings. The maximum atomic E-state index is 5.40. The van der Waals surface area contributed by atoms with Crippen molar-refractivity contribution in [3.8, 4) is 0 Å². The molecule has 0 bridgehead atoms. The summed E-state index contributed by atoms with van der Waals surface area (Å²) in [6.07, 6.45) is 7.40. The van der Waals surface area contributed by atoms with Gasteiger partial charge in [0, 0.05) is 13.1 Å². The molecule has 0 amide bonds. The highest BCUT2D eigenvalue weighted by Crippen LogP contribution is 1.90. The first-order chi connectivity index (χ1) is 7.91. The summed E-state index contributed by atoms with van der Waals surface area (Å²) in [6.45, 7) is 7.32. The minimum atomic E-state index is 0.788. The first kappa shape index (κ1) is 15.8. The van der Waals surface area contributed by atoms with Crippen LogP contribution in [0.4, 0.5) is 0 Å². The molecule has 16 heavy (non-hydrogen) atoms. The zero-order chi connectivity index (χ0) is 11.9. The second-order valence-electron chi connectivity index (χ2n) is 4.16. The third-order valence-electron chi connectivity index (χ3n) is 2.49. The van der Waals surface area contributed by atoms with E-state index in [-0.39, 0.29) is 0 Å². The zero-order valence-corrected chi connectivity index (χ0v) is 10.9. The number of hydrogen-bond acceptors (Lipinski definition) is 4. The number of rotatable bonds is 13. The summed E-state index contributed by atoms with van der Waals surface area (Å²) < 4.78 is 0. The highest BCUT2D eigenvalue weighted by molar-refractivity contribution is 4.51. The topological polar surface area (TPSA) is 62.1 Å². The molecule has 0 aromatic carbocycles. The van der Waals surface area contributed by atoms with Crippen LogP contribution in [0.3, 0.4) is 0 Å². The van der Waals surface area contributed by atoms with Crippen LogP contribution in [0.2, 0.25) is 0 Å².